The molecule has 0 radical (unpaired) electrons. The second-order valence-corrected chi connectivity index (χ2v) is 4.75. The molecule has 0 aliphatic carbocycles. The predicted molar refractivity (Wildman–Crippen MR) is 60.1 cm³/mol. The van der Waals surface area contributed by atoms with E-state index in [0.29, 0.717) is 6.54 Å². The van der Waals surface area contributed by atoms with Gasteiger partial charge in [0.25, 0.3) is 0 Å². The lowest BCUT2D eigenvalue weighted by molar-refractivity contribution is 0.178. The van der Waals surface area contributed by atoms with Crippen LogP contribution in [0.1, 0.15) is 24.3 Å². The number of hydrogen-bond acceptors (Lipinski definition) is 3. The van der Waals surface area contributed by atoms with Gasteiger partial charge < -0.3 is 10.4 Å². The van der Waals surface area contributed by atoms with E-state index in [4.69, 9.17) is 0 Å². The minimum absolute atomic E-state index is 0.372. The summed E-state index contributed by atoms with van der Waals surface area (Å²) in [5.41, 5.74) is 0. The molecule has 0 bridgehead atoms. The van der Waals surface area contributed by atoms with E-state index in [0.717, 1.165) is 22.3 Å². The van der Waals surface area contributed by atoms with Gasteiger partial charge in [0.2, 0.25) is 0 Å². The molecule has 1 rings (SSSR count). The second kappa shape index (κ2) is 5.75. The first kappa shape index (κ1) is 11.2. The van der Waals surface area contributed by atoms with Gasteiger partial charge in [0.1, 0.15) is 6.10 Å². The normalized spacial score (nSPS) is 13.2. The number of aliphatic hydroxyl groups excluding tert-OH is 1. The first-order chi connectivity index (χ1) is 6.24. The summed E-state index contributed by atoms with van der Waals surface area (Å²) in [5, 5.41) is 14.9. The van der Waals surface area contributed by atoms with E-state index in [1.807, 2.05) is 11.4 Å². The van der Waals surface area contributed by atoms with E-state index in [9.17, 15) is 5.11 Å². The van der Waals surface area contributed by atoms with Gasteiger partial charge in [0.05, 0.1) is 0 Å². The number of hydrogen-bond donors (Lipinski definition) is 2. The molecule has 0 aliphatic rings. The van der Waals surface area contributed by atoms with Crippen LogP contribution >= 0.6 is 27.3 Å². The molecule has 2 nitrogen and oxygen atoms in total. The van der Waals surface area contributed by atoms with Crippen molar-refractivity contribution in [2.24, 2.45) is 0 Å². The Kier molecular flexibility index (Phi) is 4.94. The standard InChI is InChI=1S/C9H14BrNOS/c1-2-3-11-5-8(12)9-4-7(10)6-13-9/h4,6,8,11-12H,2-3,5H2,1H3. The Bertz CT molecular complexity index is 252. The fourth-order valence-corrected chi connectivity index (χ4v) is 2.45. The molecule has 4 heteroatoms. The van der Waals surface area contributed by atoms with E-state index in [1.54, 1.807) is 11.3 Å². The summed E-state index contributed by atoms with van der Waals surface area (Å²) in [6.07, 6.45) is 0.726. The van der Waals surface area contributed by atoms with Crippen LogP contribution in [-0.4, -0.2) is 18.2 Å². The van der Waals surface area contributed by atoms with Crippen molar-refractivity contribution >= 4 is 27.3 Å². The van der Waals surface area contributed by atoms with Gasteiger partial charge in [0.15, 0.2) is 0 Å². The largest absolute Gasteiger partial charge is 0.386 e. The van der Waals surface area contributed by atoms with Gasteiger partial charge in [-0.3, -0.25) is 0 Å². The summed E-state index contributed by atoms with van der Waals surface area (Å²) < 4.78 is 1.04. The summed E-state index contributed by atoms with van der Waals surface area (Å²) in [4.78, 5) is 1.01. The molecular weight excluding hydrogens is 250 g/mol. The van der Waals surface area contributed by atoms with Gasteiger partial charge in [-0.15, -0.1) is 11.3 Å². The van der Waals surface area contributed by atoms with Gasteiger partial charge >= 0.3 is 0 Å². The molecule has 1 heterocycles. The highest BCUT2D eigenvalue weighted by Gasteiger charge is 2.08. The third kappa shape index (κ3) is 3.77. The monoisotopic (exact) mass is 263 g/mol. The Balaban J connectivity index is 2.35. The number of nitrogens with one attached hydrogen (secondary N) is 1. The molecule has 0 amide bonds. The number of thiophene rings is 1. The molecule has 1 atom stereocenters. The summed E-state index contributed by atoms with van der Waals surface area (Å²) >= 11 is 4.94. The molecule has 0 aromatic carbocycles. The van der Waals surface area contributed by atoms with Crippen LogP contribution in [-0.2, 0) is 0 Å². The predicted octanol–water partition coefficient (Wildman–Crippen LogP) is 2.54. The Morgan fingerprint density at radius 1 is 1.69 bits per heavy atom. The molecule has 0 saturated carbocycles. The number of rotatable bonds is 5. The van der Waals surface area contributed by atoms with Crippen LogP contribution < -0.4 is 5.32 Å². The van der Waals surface area contributed by atoms with Crippen molar-refractivity contribution in [2.45, 2.75) is 19.4 Å². The fourth-order valence-electron chi connectivity index (χ4n) is 1.02. The molecule has 0 fully saturated rings. The lowest BCUT2D eigenvalue weighted by Crippen LogP contribution is -2.21. The van der Waals surface area contributed by atoms with Crippen LogP contribution in [0, 0.1) is 0 Å². The van der Waals surface area contributed by atoms with Crippen LogP contribution in [0.15, 0.2) is 15.9 Å². The maximum atomic E-state index is 9.69. The van der Waals surface area contributed by atoms with Crippen LogP contribution in [0.2, 0.25) is 0 Å². The molecule has 2 N–H and O–H groups in total. The van der Waals surface area contributed by atoms with Crippen molar-refractivity contribution in [3.05, 3.63) is 20.8 Å². The van der Waals surface area contributed by atoms with Gasteiger partial charge in [-0.25, -0.2) is 0 Å². The summed E-state index contributed by atoms with van der Waals surface area (Å²) in [6.45, 7) is 3.71. The van der Waals surface area contributed by atoms with E-state index >= 15 is 0 Å². The van der Waals surface area contributed by atoms with Crippen LogP contribution in [0.5, 0.6) is 0 Å². The molecule has 13 heavy (non-hydrogen) atoms. The van der Waals surface area contributed by atoms with Crippen LogP contribution in [0.25, 0.3) is 0 Å². The maximum absolute atomic E-state index is 9.69. The van der Waals surface area contributed by atoms with Crippen LogP contribution in [0.3, 0.4) is 0 Å². The molecule has 0 saturated heterocycles. The van der Waals surface area contributed by atoms with E-state index < -0.39 is 0 Å². The highest BCUT2D eigenvalue weighted by molar-refractivity contribution is 9.10. The SMILES string of the molecule is CCCNCC(O)c1cc(Br)cs1. The summed E-state index contributed by atoms with van der Waals surface area (Å²) in [6, 6.07) is 1.96. The Morgan fingerprint density at radius 3 is 3.00 bits per heavy atom. The van der Waals surface area contributed by atoms with E-state index in [-0.39, 0.29) is 6.10 Å². The minimum atomic E-state index is -0.372. The lowest BCUT2D eigenvalue weighted by Gasteiger charge is -2.08. The third-order valence-electron chi connectivity index (χ3n) is 1.68. The average molecular weight is 264 g/mol. The minimum Gasteiger partial charge on any atom is -0.386 e. The smallest absolute Gasteiger partial charge is 0.101 e. The zero-order valence-electron chi connectivity index (χ0n) is 7.59. The van der Waals surface area contributed by atoms with Crippen molar-refractivity contribution in [1.29, 1.82) is 0 Å². The average Bonchev–Trinajstić information content (AvgIpc) is 2.52. The fraction of sp³-hybridized carbons (Fsp3) is 0.556. The molecule has 74 valence electrons. The lowest BCUT2D eigenvalue weighted by atomic mass is 10.3. The van der Waals surface area contributed by atoms with Gasteiger partial charge in [-0.2, -0.15) is 0 Å². The third-order valence-corrected chi connectivity index (χ3v) is 3.48. The zero-order valence-corrected chi connectivity index (χ0v) is 9.99. The van der Waals surface area contributed by atoms with Crippen molar-refractivity contribution in [2.75, 3.05) is 13.1 Å². The van der Waals surface area contributed by atoms with Crippen molar-refractivity contribution in [3.63, 3.8) is 0 Å². The molecule has 0 aliphatic heterocycles. The Morgan fingerprint density at radius 2 is 2.46 bits per heavy atom. The van der Waals surface area contributed by atoms with Crippen LogP contribution in [0.4, 0.5) is 0 Å². The topological polar surface area (TPSA) is 32.3 Å². The maximum Gasteiger partial charge on any atom is 0.101 e. The van der Waals surface area contributed by atoms with Crippen molar-refractivity contribution < 1.29 is 5.11 Å². The first-order valence-corrected chi connectivity index (χ1v) is 6.04. The molecule has 1 unspecified atom stereocenters. The van der Waals surface area contributed by atoms with Gasteiger partial charge in [-0.1, -0.05) is 6.92 Å². The Labute approximate surface area is 91.1 Å². The van der Waals surface area contributed by atoms with Gasteiger partial charge in [0, 0.05) is 21.3 Å². The summed E-state index contributed by atoms with van der Waals surface area (Å²) in [7, 11) is 0. The number of halogens is 1. The quantitative estimate of drug-likeness (QED) is 0.801. The number of aliphatic hydroxyl groups is 1. The second-order valence-electron chi connectivity index (χ2n) is 2.89. The zero-order chi connectivity index (χ0) is 9.68. The van der Waals surface area contributed by atoms with Crippen molar-refractivity contribution in [1.82, 2.24) is 5.32 Å². The molecular formula is C9H14BrNOS. The summed E-state index contributed by atoms with van der Waals surface area (Å²) in [5.74, 6) is 0. The molecule has 1 aromatic heterocycles. The Hall–Kier alpha value is 0.1000. The van der Waals surface area contributed by atoms with Crippen molar-refractivity contribution in [3.8, 4) is 0 Å². The van der Waals surface area contributed by atoms with Gasteiger partial charge in [-0.05, 0) is 35.0 Å². The highest BCUT2D eigenvalue weighted by Crippen LogP contribution is 2.24. The van der Waals surface area contributed by atoms with E-state index in [1.165, 1.54) is 0 Å². The molecule has 0 spiro atoms. The molecule has 1 aromatic rings. The highest BCUT2D eigenvalue weighted by atomic mass is 79.9. The first-order valence-electron chi connectivity index (χ1n) is 4.36. The van der Waals surface area contributed by atoms with E-state index in [2.05, 4.69) is 28.2 Å².